The Bertz CT molecular complexity index is 454. The minimum absolute atomic E-state index is 0.462. The molecule has 0 saturated carbocycles. The molecule has 0 unspecified atom stereocenters. The lowest BCUT2D eigenvalue weighted by Gasteiger charge is -2.15. The summed E-state index contributed by atoms with van der Waals surface area (Å²) in [5.41, 5.74) is 2.54. The Morgan fingerprint density at radius 3 is 3.12 bits per heavy atom. The largest absolute Gasteiger partial charge is 0.382 e. The van der Waals surface area contributed by atoms with E-state index >= 15 is 0 Å². The monoisotopic (exact) mass is 233 g/mol. The Labute approximate surface area is 99.9 Å². The second kappa shape index (κ2) is 3.70. The standard InChI is InChI=1S/C12H15N3S/c1-8(2)14-9-4-3-5-10-11(9)16-12-13-6-7-15(10)12/h3-5,8,14H,6-7H2,1-2H3. The van der Waals surface area contributed by atoms with Crippen molar-refractivity contribution in [3.05, 3.63) is 18.2 Å². The van der Waals surface area contributed by atoms with E-state index in [-0.39, 0.29) is 0 Å². The van der Waals surface area contributed by atoms with Gasteiger partial charge in [-0.2, -0.15) is 0 Å². The summed E-state index contributed by atoms with van der Waals surface area (Å²) in [6.45, 7) is 6.29. The fourth-order valence-corrected chi connectivity index (χ4v) is 3.26. The van der Waals surface area contributed by atoms with Crippen molar-refractivity contribution in [1.82, 2.24) is 0 Å². The SMILES string of the molecule is CC(C)Nc1cccc2c1SC1=NCCN12. The van der Waals surface area contributed by atoms with Crippen molar-refractivity contribution >= 4 is 28.3 Å². The van der Waals surface area contributed by atoms with Gasteiger partial charge in [-0.15, -0.1) is 0 Å². The highest BCUT2D eigenvalue weighted by atomic mass is 32.2. The number of hydrogen-bond acceptors (Lipinski definition) is 4. The molecule has 0 aliphatic carbocycles. The van der Waals surface area contributed by atoms with Crippen LogP contribution in [0, 0.1) is 0 Å². The number of hydrogen-bond donors (Lipinski definition) is 1. The van der Waals surface area contributed by atoms with E-state index in [2.05, 4.69) is 47.3 Å². The van der Waals surface area contributed by atoms with E-state index in [0.29, 0.717) is 6.04 Å². The first-order chi connectivity index (χ1) is 7.75. The molecule has 16 heavy (non-hydrogen) atoms. The predicted molar refractivity (Wildman–Crippen MR) is 70.7 cm³/mol. The van der Waals surface area contributed by atoms with E-state index in [1.54, 1.807) is 11.8 Å². The van der Waals surface area contributed by atoms with E-state index in [9.17, 15) is 0 Å². The summed E-state index contributed by atoms with van der Waals surface area (Å²) in [6, 6.07) is 6.91. The lowest BCUT2D eigenvalue weighted by Crippen LogP contribution is -2.20. The van der Waals surface area contributed by atoms with E-state index in [0.717, 1.165) is 18.3 Å². The molecule has 0 bridgehead atoms. The molecule has 0 spiro atoms. The quantitative estimate of drug-likeness (QED) is 0.851. The highest BCUT2D eigenvalue weighted by Crippen LogP contribution is 2.46. The van der Waals surface area contributed by atoms with Gasteiger partial charge in [-0.3, -0.25) is 4.99 Å². The molecule has 0 saturated heterocycles. The molecule has 0 atom stereocenters. The van der Waals surface area contributed by atoms with Gasteiger partial charge in [0.1, 0.15) is 0 Å². The molecular formula is C12H15N3S. The maximum absolute atomic E-state index is 4.51. The lowest BCUT2D eigenvalue weighted by atomic mass is 10.2. The first-order valence-electron chi connectivity index (χ1n) is 5.65. The Kier molecular flexibility index (Phi) is 2.32. The molecule has 0 aromatic heterocycles. The zero-order valence-electron chi connectivity index (χ0n) is 9.53. The maximum atomic E-state index is 4.51. The van der Waals surface area contributed by atoms with Crippen LogP contribution in [0.15, 0.2) is 28.1 Å². The first kappa shape index (κ1) is 10.0. The molecule has 1 aromatic rings. The number of anilines is 2. The normalized spacial score (nSPS) is 17.4. The summed E-state index contributed by atoms with van der Waals surface area (Å²) in [5.74, 6) is 0. The van der Waals surface area contributed by atoms with E-state index in [1.807, 2.05) is 0 Å². The molecule has 3 nitrogen and oxygen atoms in total. The van der Waals surface area contributed by atoms with E-state index < -0.39 is 0 Å². The van der Waals surface area contributed by atoms with Gasteiger partial charge < -0.3 is 10.2 Å². The number of aliphatic imine (C=N–C) groups is 1. The summed E-state index contributed by atoms with van der Waals surface area (Å²) in [4.78, 5) is 8.15. The molecule has 4 heteroatoms. The van der Waals surface area contributed by atoms with Crippen LogP contribution in [0.2, 0.25) is 0 Å². The summed E-state index contributed by atoms with van der Waals surface area (Å²) in [7, 11) is 0. The summed E-state index contributed by atoms with van der Waals surface area (Å²) < 4.78 is 0. The third kappa shape index (κ3) is 1.48. The number of thioether (sulfide) groups is 1. The van der Waals surface area contributed by atoms with Crippen LogP contribution in [-0.2, 0) is 0 Å². The number of fused-ring (bicyclic) bond motifs is 3. The minimum Gasteiger partial charge on any atom is -0.382 e. The Balaban J connectivity index is 2.01. The molecule has 84 valence electrons. The smallest absolute Gasteiger partial charge is 0.168 e. The molecule has 3 rings (SSSR count). The molecular weight excluding hydrogens is 218 g/mol. The van der Waals surface area contributed by atoms with Crippen molar-refractivity contribution in [3.63, 3.8) is 0 Å². The van der Waals surface area contributed by atoms with Crippen LogP contribution < -0.4 is 10.2 Å². The van der Waals surface area contributed by atoms with Crippen LogP contribution >= 0.6 is 11.8 Å². The number of amidine groups is 1. The van der Waals surface area contributed by atoms with Crippen molar-refractivity contribution in [2.75, 3.05) is 23.3 Å². The highest BCUT2D eigenvalue weighted by Gasteiger charge is 2.31. The van der Waals surface area contributed by atoms with Gasteiger partial charge in [0.2, 0.25) is 0 Å². The minimum atomic E-state index is 0.462. The van der Waals surface area contributed by atoms with Crippen LogP contribution in [0.4, 0.5) is 11.4 Å². The van der Waals surface area contributed by atoms with Crippen LogP contribution in [0.5, 0.6) is 0 Å². The van der Waals surface area contributed by atoms with Crippen LogP contribution in [0.25, 0.3) is 0 Å². The average molecular weight is 233 g/mol. The van der Waals surface area contributed by atoms with Crippen molar-refractivity contribution in [2.45, 2.75) is 24.8 Å². The summed E-state index contributed by atoms with van der Waals surface area (Å²) in [5, 5.41) is 4.65. The van der Waals surface area contributed by atoms with Crippen molar-refractivity contribution in [2.24, 2.45) is 4.99 Å². The topological polar surface area (TPSA) is 27.6 Å². The van der Waals surface area contributed by atoms with Gasteiger partial charge in [-0.25, -0.2) is 0 Å². The Morgan fingerprint density at radius 2 is 2.31 bits per heavy atom. The molecule has 0 fully saturated rings. The summed E-state index contributed by atoms with van der Waals surface area (Å²) in [6.07, 6.45) is 0. The van der Waals surface area contributed by atoms with Crippen LogP contribution in [0.1, 0.15) is 13.8 Å². The molecule has 1 N–H and O–H groups in total. The van der Waals surface area contributed by atoms with Crippen molar-refractivity contribution < 1.29 is 0 Å². The van der Waals surface area contributed by atoms with Crippen molar-refractivity contribution in [3.8, 4) is 0 Å². The van der Waals surface area contributed by atoms with Gasteiger partial charge in [0.05, 0.1) is 22.8 Å². The Hall–Kier alpha value is -1.16. The van der Waals surface area contributed by atoms with Gasteiger partial charge in [0, 0.05) is 12.6 Å². The zero-order valence-corrected chi connectivity index (χ0v) is 10.3. The molecule has 2 heterocycles. The second-order valence-corrected chi connectivity index (χ2v) is 5.35. The van der Waals surface area contributed by atoms with Gasteiger partial charge in [0.15, 0.2) is 5.17 Å². The van der Waals surface area contributed by atoms with Gasteiger partial charge in [-0.05, 0) is 37.7 Å². The molecule has 2 aliphatic rings. The first-order valence-corrected chi connectivity index (χ1v) is 6.47. The predicted octanol–water partition coefficient (Wildman–Crippen LogP) is 2.79. The fourth-order valence-electron chi connectivity index (χ4n) is 2.10. The lowest BCUT2D eigenvalue weighted by molar-refractivity contribution is 0.893. The maximum Gasteiger partial charge on any atom is 0.168 e. The number of nitrogens with zero attached hydrogens (tertiary/aromatic N) is 2. The number of nitrogens with one attached hydrogen (secondary N) is 1. The second-order valence-electron chi connectivity index (χ2n) is 4.37. The fraction of sp³-hybridized carbons (Fsp3) is 0.417. The Morgan fingerprint density at radius 1 is 1.44 bits per heavy atom. The summed E-state index contributed by atoms with van der Waals surface area (Å²) >= 11 is 1.79. The molecule has 0 amide bonds. The zero-order chi connectivity index (χ0) is 11.1. The van der Waals surface area contributed by atoms with E-state index in [4.69, 9.17) is 0 Å². The van der Waals surface area contributed by atoms with Crippen molar-refractivity contribution in [1.29, 1.82) is 0 Å². The van der Waals surface area contributed by atoms with Gasteiger partial charge in [0.25, 0.3) is 0 Å². The third-order valence-electron chi connectivity index (χ3n) is 2.72. The highest BCUT2D eigenvalue weighted by molar-refractivity contribution is 8.15. The molecule has 0 radical (unpaired) electrons. The van der Waals surface area contributed by atoms with Gasteiger partial charge >= 0.3 is 0 Å². The van der Waals surface area contributed by atoms with Crippen LogP contribution in [-0.4, -0.2) is 24.3 Å². The van der Waals surface area contributed by atoms with Gasteiger partial charge in [-0.1, -0.05) is 6.07 Å². The number of rotatable bonds is 2. The number of benzene rings is 1. The molecule has 1 aromatic carbocycles. The third-order valence-corrected chi connectivity index (χ3v) is 3.89. The van der Waals surface area contributed by atoms with Crippen LogP contribution in [0.3, 0.4) is 0 Å². The van der Waals surface area contributed by atoms with E-state index in [1.165, 1.54) is 16.3 Å². The molecule has 2 aliphatic heterocycles. The average Bonchev–Trinajstić information content (AvgIpc) is 2.77.